The number of aromatic nitrogens is 2. The van der Waals surface area contributed by atoms with Crippen molar-refractivity contribution in [2.24, 2.45) is 11.7 Å². The van der Waals surface area contributed by atoms with Crippen LogP contribution < -0.4 is 10.6 Å². The smallest absolute Gasteiger partial charge is 0.246 e. The lowest BCUT2D eigenvalue weighted by Gasteiger charge is -2.42. The zero-order valence-corrected chi connectivity index (χ0v) is 9.92. The third-order valence-corrected chi connectivity index (χ3v) is 2.90. The molecule has 1 aromatic rings. The largest absolute Gasteiger partial charge is 0.318 e. The summed E-state index contributed by atoms with van der Waals surface area (Å²) in [6, 6.07) is -0.280. The topological polar surface area (TPSA) is 64.2 Å². The molecule has 1 aliphatic rings. The van der Waals surface area contributed by atoms with E-state index in [1.165, 1.54) is 0 Å². The van der Waals surface area contributed by atoms with Gasteiger partial charge in [-0.25, -0.2) is 0 Å². The third-order valence-electron chi connectivity index (χ3n) is 2.90. The van der Waals surface area contributed by atoms with Crippen LogP contribution in [0, 0.1) is 5.92 Å². The molecule has 0 spiro atoms. The van der Waals surface area contributed by atoms with Crippen molar-refractivity contribution in [3.8, 4) is 0 Å². The second-order valence-electron chi connectivity index (χ2n) is 4.79. The van der Waals surface area contributed by atoms with Gasteiger partial charge in [-0.1, -0.05) is 13.8 Å². The Hall–Kier alpha value is -1.36. The van der Waals surface area contributed by atoms with Gasteiger partial charge in [0.05, 0.1) is 17.9 Å². The molecule has 16 heavy (non-hydrogen) atoms. The van der Waals surface area contributed by atoms with E-state index in [4.69, 9.17) is 5.73 Å². The molecule has 0 unspecified atom stereocenters. The number of rotatable bonds is 3. The Morgan fingerprint density at radius 3 is 2.81 bits per heavy atom. The molecular formula is C11H18N4O. The summed E-state index contributed by atoms with van der Waals surface area (Å²) in [7, 11) is 0. The predicted molar refractivity (Wildman–Crippen MR) is 62.0 cm³/mol. The third kappa shape index (κ3) is 1.71. The van der Waals surface area contributed by atoms with Crippen molar-refractivity contribution in [2.45, 2.75) is 39.4 Å². The number of amides is 1. The maximum Gasteiger partial charge on any atom is 0.246 e. The summed E-state index contributed by atoms with van der Waals surface area (Å²) in [6.07, 6.45) is 3.63. The van der Waals surface area contributed by atoms with E-state index in [0.29, 0.717) is 5.92 Å². The fourth-order valence-electron chi connectivity index (χ4n) is 1.96. The van der Waals surface area contributed by atoms with Crippen molar-refractivity contribution in [3.05, 3.63) is 12.4 Å². The standard InChI is InChI=1S/C11H18N4O/c1-7(2)5-14-6-9(4-13-14)15-8(3)10(12)11(15)16/h4,6-8,10H,5,12H2,1-3H3/t8-,10+/m1/s1. The summed E-state index contributed by atoms with van der Waals surface area (Å²) in [5.74, 6) is 0.524. The molecule has 0 bridgehead atoms. The van der Waals surface area contributed by atoms with E-state index in [1.807, 2.05) is 17.8 Å². The first-order valence-electron chi connectivity index (χ1n) is 5.62. The maximum absolute atomic E-state index is 11.6. The Labute approximate surface area is 95.2 Å². The van der Waals surface area contributed by atoms with E-state index in [2.05, 4.69) is 18.9 Å². The van der Waals surface area contributed by atoms with Crippen LogP contribution in [-0.4, -0.2) is 27.8 Å². The molecule has 2 rings (SSSR count). The van der Waals surface area contributed by atoms with Gasteiger partial charge in [-0.2, -0.15) is 5.10 Å². The predicted octanol–water partition coefficient (Wildman–Crippen LogP) is 0.602. The molecule has 2 N–H and O–H groups in total. The second kappa shape index (κ2) is 3.90. The zero-order chi connectivity index (χ0) is 11.9. The summed E-state index contributed by atoms with van der Waals surface area (Å²) in [4.78, 5) is 13.3. The number of nitrogens with two attached hydrogens (primary N) is 1. The molecule has 0 saturated carbocycles. The van der Waals surface area contributed by atoms with E-state index >= 15 is 0 Å². The highest BCUT2D eigenvalue weighted by molar-refractivity contribution is 6.05. The summed E-state index contributed by atoms with van der Waals surface area (Å²) in [5, 5.41) is 4.24. The highest BCUT2D eigenvalue weighted by Crippen LogP contribution is 2.26. The van der Waals surface area contributed by atoms with E-state index in [0.717, 1.165) is 12.2 Å². The number of carbonyl (C=O) groups is 1. The number of carbonyl (C=O) groups excluding carboxylic acids is 1. The van der Waals surface area contributed by atoms with E-state index in [1.54, 1.807) is 11.1 Å². The van der Waals surface area contributed by atoms with Gasteiger partial charge in [-0.15, -0.1) is 0 Å². The maximum atomic E-state index is 11.6. The average Bonchev–Trinajstić information content (AvgIpc) is 2.65. The molecule has 5 heteroatoms. The van der Waals surface area contributed by atoms with Gasteiger partial charge >= 0.3 is 0 Å². The molecule has 1 aromatic heterocycles. The number of anilines is 1. The molecule has 2 atom stereocenters. The Morgan fingerprint density at radius 2 is 2.25 bits per heavy atom. The molecule has 0 aromatic carbocycles. The van der Waals surface area contributed by atoms with Crippen LogP contribution in [0.3, 0.4) is 0 Å². The first kappa shape index (κ1) is 11.1. The number of hydrogen-bond donors (Lipinski definition) is 1. The fourth-order valence-corrected chi connectivity index (χ4v) is 1.96. The number of hydrogen-bond acceptors (Lipinski definition) is 3. The highest BCUT2D eigenvalue weighted by Gasteiger charge is 2.43. The van der Waals surface area contributed by atoms with Gasteiger partial charge in [0.1, 0.15) is 6.04 Å². The molecule has 1 amide bonds. The average molecular weight is 222 g/mol. The minimum atomic E-state index is -0.353. The zero-order valence-electron chi connectivity index (χ0n) is 9.92. The van der Waals surface area contributed by atoms with Crippen LogP contribution in [0.5, 0.6) is 0 Å². The lowest BCUT2D eigenvalue weighted by Crippen LogP contribution is -2.67. The van der Waals surface area contributed by atoms with Gasteiger partial charge in [0.25, 0.3) is 0 Å². The van der Waals surface area contributed by atoms with Crippen LogP contribution in [-0.2, 0) is 11.3 Å². The van der Waals surface area contributed by atoms with Gasteiger partial charge in [-0.3, -0.25) is 9.48 Å². The molecule has 2 heterocycles. The summed E-state index contributed by atoms with van der Waals surface area (Å²) in [6.45, 7) is 7.08. The van der Waals surface area contributed by atoms with Crippen molar-refractivity contribution in [1.82, 2.24) is 9.78 Å². The van der Waals surface area contributed by atoms with E-state index in [9.17, 15) is 4.79 Å². The molecule has 1 fully saturated rings. The second-order valence-corrected chi connectivity index (χ2v) is 4.79. The molecule has 0 aliphatic carbocycles. The van der Waals surface area contributed by atoms with Gasteiger partial charge < -0.3 is 10.6 Å². The van der Waals surface area contributed by atoms with Crippen molar-refractivity contribution in [3.63, 3.8) is 0 Å². The monoisotopic (exact) mass is 222 g/mol. The van der Waals surface area contributed by atoms with Crippen molar-refractivity contribution < 1.29 is 4.79 Å². The molecular weight excluding hydrogens is 204 g/mol. The first-order valence-corrected chi connectivity index (χ1v) is 5.62. The molecule has 88 valence electrons. The van der Waals surface area contributed by atoms with Crippen LogP contribution in [0.15, 0.2) is 12.4 Å². The SMILES string of the molecule is CC(C)Cn1cc(N2C(=O)[C@@H](N)[C@H]2C)cn1. The summed E-state index contributed by atoms with van der Waals surface area (Å²) in [5.41, 5.74) is 6.51. The van der Waals surface area contributed by atoms with Crippen LogP contribution in [0.2, 0.25) is 0 Å². The Kier molecular flexibility index (Phi) is 2.71. The van der Waals surface area contributed by atoms with Crippen LogP contribution in [0.25, 0.3) is 0 Å². The van der Waals surface area contributed by atoms with Crippen molar-refractivity contribution in [2.75, 3.05) is 4.90 Å². The molecule has 5 nitrogen and oxygen atoms in total. The van der Waals surface area contributed by atoms with Crippen LogP contribution in [0.4, 0.5) is 5.69 Å². The molecule has 0 radical (unpaired) electrons. The van der Waals surface area contributed by atoms with E-state index in [-0.39, 0.29) is 18.0 Å². The quantitative estimate of drug-likeness (QED) is 0.762. The fraction of sp³-hybridized carbons (Fsp3) is 0.636. The van der Waals surface area contributed by atoms with Crippen molar-refractivity contribution >= 4 is 11.6 Å². The van der Waals surface area contributed by atoms with Crippen LogP contribution >= 0.6 is 0 Å². The Morgan fingerprint density at radius 1 is 1.56 bits per heavy atom. The van der Waals surface area contributed by atoms with Gasteiger partial charge in [-0.05, 0) is 12.8 Å². The van der Waals surface area contributed by atoms with Crippen LogP contribution in [0.1, 0.15) is 20.8 Å². The number of β-lactam (4-membered cyclic amide) rings is 1. The van der Waals surface area contributed by atoms with E-state index < -0.39 is 0 Å². The molecule has 1 saturated heterocycles. The normalized spacial score (nSPS) is 25.1. The summed E-state index contributed by atoms with van der Waals surface area (Å²) >= 11 is 0. The minimum Gasteiger partial charge on any atom is -0.318 e. The Balaban J connectivity index is 2.11. The molecule has 1 aliphatic heterocycles. The Bertz CT molecular complexity index is 398. The number of nitrogens with zero attached hydrogens (tertiary/aromatic N) is 3. The highest BCUT2D eigenvalue weighted by atomic mass is 16.2. The van der Waals surface area contributed by atoms with Gasteiger partial charge in [0.15, 0.2) is 0 Å². The van der Waals surface area contributed by atoms with Crippen molar-refractivity contribution in [1.29, 1.82) is 0 Å². The summed E-state index contributed by atoms with van der Waals surface area (Å²) < 4.78 is 1.86. The van der Waals surface area contributed by atoms with Gasteiger partial charge in [0, 0.05) is 12.7 Å². The lowest BCUT2D eigenvalue weighted by molar-refractivity contribution is -0.125. The lowest BCUT2D eigenvalue weighted by atomic mass is 9.97. The van der Waals surface area contributed by atoms with Gasteiger partial charge in [0.2, 0.25) is 5.91 Å². The minimum absolute atomic E-state index is 0.0170. The first-order chi connectivity index (χ1) is 7.50.